The zero-order valence-electron chi connectivity index (χ0n) is 9.75. The minimum absolute atomic E-state index is 0.155. The summed E-state index contributed by atoms with van der Waals surface area (Å²) in [6.07, 6.45) is 0. The fourth-order valence-electron chi connectivity index (χ4n) is 1.45. The van der Waals surface area contributed by atoms with Crippen molar-refractivity contribution in [3.05, 3.63) is 46.8 Å². The van der Waals surface area contributed by atoms with Crippen molar-refractivity contribution in [3.8, 4) is 10.8 Å². The summed E-state index contributed by atoms with van der Waals surface area (Å²) in [5.41, 5.74) is 0.985. The van der Waals surface area contributed by atoms with E-state index in [1.165, 1.54) is 7.11 Å². The molecule has 0 aliphatic heterocycles. The van der Waals surface area contributed by atoms with Crippen LogP contribution in [0.5, 0.6) is 10.8 Å². The monoisotopic (exact) mass is 264 g/mol. The van der Waals surface area contributed by atoms with E-state index in [0.29, 0.717) is 17.4 Å². The van der Waals surface area contributed by atoms with Crippen molar-refractivity contribution in [1.29, 1.82) is 0 Å². The minimum atomic E-state index is -1.01. The standard InChI is InChI=1S/C13H12O4S/c1-16-11-7-10(12(18-11)13(14)15)17-8-9-5-3-2-4-6-9/h2-7H,8H2,1H3,(H,14,15). The smallest absolute Gasteiger partial charge is 0.349 e. The van der Waals surface area contributed by atoms with Gasteiger partial charge in [0.15, 0.2) is 9.94 Å². The molecule has 0 aliphatic rings. The van der Waals surface area contributed by atoms with Crippen LogP contribution in [0.1, 0.15) is 15.2 Å². The van der Waals surface area contributed by atoms with Crippen LogP contribution in [0.3, 0.4) is 0 Å². The number of ether oxygens (including phenoxy) is 2. The van der Waals surface area contributed by atoms with Crippen molar-refractivity contribution in [1.82, 2.24) is 0 Å². The lowest BCUT2D eigenvalue weighted by Gasteiger charge is -2.04. The normalized spacial score (nSPS) is 10.1. The van der Waals surface area contributed by atoms with Gasteiger partial charge in [-0.1, -0.05) is 41.7 Å². The highest BCUT2D eigenvalue weighted by molar-refractivity contribution is 7.16. The molecule has 0 saturated heterocycles. The number of thiophene rings is 1. The van der Waals surface area contributed by atoms with Gasteiger partial charge in [0, 0.05) is 6.07 Å². The van der Waals surface area contributed by atoms with Crippen molar-refractivity contribution < 1.29 is 19.4 Å². The van der Waals surface area contributed by atoms with Crippen molar-refractivity contribution in [2.75, 3.05) is 7.11 Å². The molecule has 0 aliphatic carbocycles. The Morgan fingerprint density at radius 2 is 2.06 bits per heavy atom. The number of carboxylic acid groups (broad SMARTS) is 1. The molecule has 4 nitrogen and oxygen atoms in total. The van der Waals surface area contributed by atoms with Crippen LogP contribution >= 0.6 is 11.3 Å². The van der Waals surface area contributed by atoms with Crippen LogP contribution < -0.4 is 9.47 Å². The molecule has 0 bridgehead atoms. The lowest BCUT2D eigenvalue weighted by Crippen LogP contribution is -1.99. The van der Waals surface area contributed by atoms with E-state index >= 15 is 0 Å². The van der Waals surface area contributed by atoms with Crippen LogP contribution in [-0.2, 0) is 6.61 Å². The van der Waals surface area contributed by atoms with Crippen LogP contribution in [-0.4, -0.2) is 18.2 Å². The van der Waals surface area contributed by atoms with Crippen molar-refractivity contribution >= 4 is 17.3 Å². The first-order valence-corrected chi connectivity index (χ1v) is 6.10. The summed E-state index contributed by atoms with van der Waals surface area (Å²) in [6.45, 7) is 0.334. The molecule has 0 saturated carbocycles. The molecule has 0 spiro atoms. The molecule has 1 aromatic heterocycles. The Kier molecular flexibility index (Phi) is 3.84. The van der Waals surface area contributed by atoms with Crippen LogP contribution in [0, 0.1) is 0 Å². The Morgan fingerprint density at radius 1 is 1.33 bits per heavy atom. The summed E-state index contributed by atoms with van der Waals surface area (Å²) < 4.78 is 10.5. The van der Waals surface area contributed by atoms with Crippen LogP contribution in [0.4, 0.5) is 0 Å². The maximum absolute atomic E-state index is 11.0. The number of rotatable bonds is 5. The number of methoxy groups -OCH3 is 1. The molecule has 18 heavy (non-hydrogen) atoms. The quantitative estimate of drug-likeness (QED) is 0.901. The van der Waals surface area contributed by atoms with Gasteiger partial charge in [0.2, 0.25) is 0 Å². The van der Waals surface area contributed by atoms with Gasteiger partial charge in [0.05, 0.1) is 7.11 Å². The second-order valence-corrected chi connectivity index (χ2v) is 4.56. The summed E-state index contributed by atoms with van der Waals surface area (Å²) >= 11 is 1.06. The van der Waals surface area contributed by atoms with Gasteiger partial charge in [0.25, 0.3) is 0 Å². The van der Waals surface area contributed by atoms with E-state index in [1.54, 1.807) is 6.07 Å². The minimum Gasteiger partial charge on any atom is -0.487 e. The van der Waals surface area contributed by atoms with E-state index in [2.05, 4.69) is 0 Å². The molecule has 0 radical (unpaired) electrons. The van der Waals surface area contributed by atoms with Gasteiger partial charge in [-0.25, -0.2) is 4.79 Å². The van der Waals surface area contributed by atoms with E-state index in [-0.39, 0.29) is 4.88 Å². The molecular weight excluding hydrogens is 252 g/mol. The topological polar surface area (TPSA) is 55.8 Å². The van der Waals surface area contributed by atoms with Crippen LogP contribution in [0.2, 0.25) is 0 Å². The van der Waals surface area contributed by atoms with E-state index in [1.807, 2.05) is 30.3 Å². The third kappa shape index (κ3) is 2.81. The highest BCUT2D eigenvalue weighted by Crippen LogP contribution is 2.35. The largest absolute Gasteiger partial charge is 0.487 e. The Morgan fingerprint density at radius 3 is 2.67 bits per heavy atom. The Hall–Kier alpha value is -2.01. The first-order chi connectivity index (χ1) is 8.70. The number of carboxylic acids is 1. The number of carbonyl (C=O) groups is 1. The van der Waals surface area contributed by atoms with Crippen LogP contribution in [0.25, 0.3) is 0 Å². The molecule has 0 atom stereocenters. The molecule has 1 heterocycles. The lowest BCUT2D eigenvalue weighted by atomic mass is 10.2. The maximum Gasteiger partial charge on any atom is 0.349 e. The molecule has 5 heteroatoms. The summed E-state index contributed by atoms with van der Waals surface area (Å²) in [5, 5.41) is 9.57. The van der Waals surface area contributed by atoms with Crippen molar-refractivity contribution in [2.45, 2.75) is 6.61 Å². The van der Waals surface area contributed by atoms with E-state index < -0.39 is 5.97 Å². The molecule has 2 rings (SSSR count). The Labute approximate surface area is 108 Å². The van der Waals surface area contributed by atoms with Gasteiger partial charge in [-0.2, -0.15) is 0 Å². The molecule has 94 valence electrons. The summed E-state index contributed by atoms with van der Waals surface area (Å²) in [6, 6.07) is 11.2. The molecule has 1 N–H and O–H groups in total. The van der Waals surface area contributed by atoms with E-state index in [9.17, 15) is 4.79 Å². The zero-order valence-corrected chi connectivity index (χ0v) is 10.6. The van der Waals surface area contributed by atoms with Gasteiger partial charge in [-0.15, -0.1) is 0 Å². The molecule has 0 fully saturated rings. The van der Waals surface area contributed by atoms with Gasteiger partial charge in [-0.05, 0) is 5.56 Å². The first kappa shape index (κ1) is 12.4. The molecular formula is C13H12O4S. The number of aromatic carboxylic acids is 1. The Bertz CT molecular complexity index is 533. The highest BCUT2D eigenvalue weighted by atomic mass is 32.1. The van der Waals surface area contributed by atoms with Gasteiger partial charge >= 0.3 is 5.97 Å². The Balaban J connectivity index is 2.13. The van der Waals surface area contributed by atoms with Crippen LogP contribution in [0.15, 0.2) is 36.4 Å². The predicted molar refractivity (Wildman–Crippen MR) is 68.6 cm³/mol. The predicted octanol–water partition coefficient (Wildman–Crippen LogP) is 3.03. The number of hydrogen-bond donors (Lipinski definition) is 1. The average Bonchev–Trinajstić information content (AvgIpc) is 2.81. The summed E-state index contributed by atoms with van der Waals surface area (Å²) in [4.78, 5) is 11.2. The van der Waals surface area contributed by atoms with E-state index in [4.69, 9.17) is 14.6 Å². The summed E-state index contributed by atoms with van der Waals surface area (Å²) in [5.74, 6) is -0.667. The van der Waals surface area contributed by atoms with Crippen molar-refractivity contribution in [3.63, 3.8) is 0 Å². The van der Waals surface area contributed by atoms with Gasteiger partial charge in [-0.3, -0.25) is 0 Å². The molecule has 2 aromatic rings. The van der Waals surface area contributed by atoms with Gasteiger partial charge in [0.1, 0.15) is 12.4 Å². The summed E-state index contributed by atoms with van der Waals surface area (Å²) in [7, 11) is 1.50. The molecule has 0 amide bonds. The lowest BCUT2D eigenvalue weighted by molar-refractivity contribution is 0.0697. The SMILES string of the molecule is COc1cc(OCc2ccccc2)c(C(=O)O)s1. The second-order valence-electron chi connectivity index (χ2n) is 3.54. The average molecular weight is 264 g/mol. The molecule has 0 unspecified atom stereocenters. The number of hydrogen-bond acceptors (Lipinski definition) is 4. The first-order valence-electron chi connectivity index (χ1n) is 5.28. The highest BCUT2D eigenvalue weighted by Gasteiger charge is 2.17. The zero-order chi connectivity index (χ0) is 13.0. The third-order valence-corrected chi connectivity index (χ3v) is 3.37. The fraction of sp³-hybridized carbons (Fsp3) is 0.154. The second kappa shape index (κ2) is 5.55. The van der Waals surface area contributed by atoms with Gasteiger partial charge < -0.3 is 14.6 Å². The molecule has 1 aromatic carbocycles. The van der Waals surface area contributed by atoms with E-state index in [0.717, 1.165) is 16.9 Å². The third-order valence-electron chi connectivity index (χ3n) is 2.31. The van der Waals surface area contributed by atoms with Crippen molar-refractivity contribution in [2.24, 2.45) is 0 Å². The fourth-order valence-corrected chi connectivity index (χ4v) is 2.20. The number of benzene rings is 1. The maximum atomic E-state index is 11.0.